The summed E-state index contributed by atoms with van der Waals surface area (Å²) in [6.45, 7) is 1.93. The SMILES string of the molecule is Cc1ccc(NC(C(=O)O)c2ccc(Cl)cc2F)cc1. The fourth-order valence-corrected chi connectivity index (χ4v) is 1.98. The molecule has 2 N–H and O–H groups in total. The van der Waals surface area contributed by atoms with Crippen molar-refractivity contribution >= 4 is 23.3 Å². The summed E-state index contributed by atoms with van der Waals surface area (Å²) in [7, 11) is 0. The lowest BCUT2D eigenvalue weighted by Crippen LogP contribution is -2.21. The van der Waals surface area contributed by atoms with Gasteiger partial charge in [0.1, 0.15) is 5.82 Å². The largest absolute Gasteiger partial charge is 0.479 e. The van der Waals surface area contributed by atoms with E-state index in [1.807, 2.05) is 19.1 Å². The first-order valence-electron chi connectivity index (χ1n) is 5.98. The van der Waals surface area contributed by atoms with E-state index in [1.165, 1.54) is 12.1 Å². The quantitative estimate of drug-likeness (QED) is 0.895. The summed E-state index contributed by atoms with van der Waals surface area (Å²) >= 11 is 5.67. The van der Waals surface area contributed by atoms with Crippen molar-refractivity contribution in [2.75, 3.05) is 5.32 Å². The number of rotatable bonds is 4. The first-order valence-corrected chi connectivity index (χ1v) is 6.36. The number of carboxylic acids is 1. The lowest BCUT2D eigenvalue weighted by Gasteiger charge is -2.17. The van der Waals surface area contributed by atoms with Crippen LogP contribution >= 0.6 is 11.6 Å². The Hall–Kier alpha value is -2.07. The van der Waals surface area contributed by atoms with E-state index in [-0.39, 0.29) is 10.6 Å². The standard InChI is InChI=1S/C15H13ClFNO2/c1-9-2-5-11(6-3-9)18-14(15(19)20)12-7-4-10(16)8-13(12)17/h2-8,14,18H,1H3,(H,19,20). The van der Waals surface area contributed by atoms with E-state index in [0.717, 1.165) is 11.6 Å². The summed E-state index contributed by atoms with van der Waals surface area (Å²) in [4.78, 5) is 11.3. The van der Waals surface area contributed by atoms with Crippen LogP contribution in [-0.2, 0) is 4.79 Å². The van der Waals surface area contributed by atoms with Crippen LogP contribution in [0, 0.1) is 12.7 Å². The Kier molecular flexibility index (Phi) is 4.25. The molecule has 2 aromatic rings. The minimum absolute atomic E-state index is 0.0440. The summed E-state index contributed by atoms with van der Waals surface area (Å²) in [5, 5.41) is 12.3. The lowest BCUT2D eigenvalue weighted by molar-refractivity contribution is -0.138. The molecule has 0 saturated carbocycles. The Bertz CT molecular complexity index is 628. The molecule has 20 heavy (non-hydrogen) atoms. The van der Waals surface area contributed by atoms with Crippen LogP contribution < -0.4 is 5.32 Å². The summed E-state index contributed by atoms with van der Waals surface area (Å²) in [5.74, 6) is -1.81. The molecule has 0 heterocycles. The van der Waals surface area contributed by atoms with Gasteiger partial charge in [-0.25, -0.2) is 9.18 Å². The van der Waals surface area contributed by atoms with Gasteiger partial charge in [0.25, 0.3) is 0 Å². The highest BCUT2D eigenvalue weighted by atomic mass is 35.5. The zero-order chi connectivity index (χ0) is 14.7. The fraction of sp³-hybridized carbons (Fsp3) is 0.133. The maximum Gasteiger partial charge on any atom is 0.330 e. The van der Waals surface area contributed by atoms with E-state index < -0.39 is 17.8 Å². The average Bonchev–Trinajstić information content (AvgIpc) is 2.39. The van der Waals surface area contributed by atoms with E-state index in [9.17, 15) is 14.3 Å². The van der Waals surface area contributed by atoms with Gasteiger partial charge in [0.2, 0.25) is 0 Å². The summed E-state index contributed by atoms with van der Waals surface area (Å²) < 4.78 is 13.8. The molecule has 0 aromatic heterocycles. The second-order valence-corrected chi connectivity index (χ2v) is 4.88. The molecular formula is C15H13ClFNO2. The summed E-state index contributed by atoms with van der Waals surface area (Å²) in [6, 6.07) is 9.96. The lowest BCUT2D eigenvalue weighted by atomic mass is 10.1. The predicted octanol–water partition coefficient (Wildman–Crippen LogP) is 4.03. The van der Waals surface area contributed by atoms with Crippen LogP contribution in [0.25, 0.3) is 0 Å². The highest BCUT2D eigenvalue weighted by Crippen LogP contribution is 2.25. The number of halogens is 2. The van der Waals surface area contributed by atoms with Gasteiger partial charge in [0.15, 0.2) is 6.04 Å². The second kappa shape index (κ2) is 5.92. The molecule has 0 amide bonds. The van der Waals surface area contributed by atoms with E-state index in [1.54, 1.807) is 12.1 Å². The Labute approximate surface area is 121 Å². The van der Waals surface area contributed by atoms with Crippen molar-refractivity contribution in [3.05, 3.63) is 64.4 Å². The monoisotopic (exact) mass is 293 g/mol. The van der Waals surface area contributed by atoms with Crippen LogP contribution in [0.4, 0.5) is 10.1 Å². The normalized spacial score (nSPS) is 11.9. The van der Waals surface area contributed by atoms with Gasteiger partial charge < -0.3 is 10.4 Å². The molecule has 104 valence electrons. The minimum Gasteiger partial charge on any atom is -0.479 e. The van der Waals surface area contributed by atoms with Crippen LogP contribution in [0.2, 0.25) is 5.02 Å². The van der Waals surface area contributed by atoms with Crippen LogP contribution in [0.3, 0.4) is 0 Å². The van der Waals surface area contributed by atoms with Crippen LogP contribution in [-0.4, -0.2) is 11.1 Å². The zero-order valence-electron chi connectivity index (χ0n) is 10.7. The highest BCUT2D eigenvalue weighted by Gasteiger charge is 2.23. The van der Waals surface area contributed by atoms with Crippen molar-refractivity contribution in [1.82, 2.24) is 0 Å². The maximum atomic E-state index is 13.8. The number of carboxylic acid groups (broad SMARTS) is 1. The molecule has 0 aliphatic heterocycles. The zero-order valence-corrected chi connectivity index (χ0v) is 11.5. The third-order valence-electron chi connectivity index (χ3n) is 2.88. The van der Waals surface area contributed by atoms with Crippen LogP contribution in [0.1, 0.15) is 17.2 Å². The smallest absolute Gasteiger partial charge is 0.330 e. The van der Waals surface area contributed by atoms with Crippen molar-refractivity contribution in [3.63, 3.8) is 0 Å². The Balaban J connectivity index is 2.31. The Morgan fingerprint density at radius 2 is 1.90 bits per heavy atom. The molecule has 2 aromatic carbocycles. The number of carbonyl (C=O) groups is 1. The molecule has 0 spiro atoms. The van der Waals surface area contributed by atoms with Crippen LogP contribution in [0.5, 0.6) is 0 Å². The average molecular weight is 294 g/mol. The molecule has 5 heteroatoms. The van der Waals surface area contributed by atoms with Crippen molar-refractivity contribution < 1.29 is 14.3 Å². The number of aryl methyl sites for hydroxylation is 1. The fourth-order valence-electron chi connectivity index (χ4n) is 1.82. The van der Waals surface area contributed by atoms with Crippen LogP contribution in [0.15, 0.2) is 42.5 Å². The van der Waals surface area contributed by atoms with Gasteiger partial charge >= 0.3 is 5.97 Å². The van der Waals surface area contributed by atoms with Crippen molar-refractivity contribution in [3.8, 4) is 0 Å². The van der Waals surface area contributed by atoms with Gasteiger partial charge in [-0.1, -0.05) is 35.4 Å². The molecule has 0 saturated heterocycles. The van der Waals surface area contributed by atoms with Gasteiger partial charge in [-0.15, -0.1) is 0 Å². The molecule has 2 rings (SSSR count). The molecule has 0 bridgehead atoms. The Morgan fingerprint density at radius 1 is 1.25 bits per heavy atom. The van der Waals surface area contributed by atoms with Gasteiger partial charge in [0.05, 0.1) is 0 Å². The van der Waals surface area contributed by atoms with Crippen molar-refractivity contribution in [1.29, 1.82) is 0 Å². The number of anilines is 1. The number of hydrogen-bond donors (Lipinski definition) is 2. The third-order valence-corrected chi connectivity index (χ3v) is 3.12. The number of nitrogens with one attached hydrogen (secondary N) is 1. The van der Waals surface area contributed by atoms with Crippen molar-refractivity contribution in [2.45, 2.75) is 13.0 Å². The minimum atomic E-state index is -1.17. The van der Waals surface area contributed by atoms with E-state index in [2.05, 4.69) is 5.32 Å². The van der Waals surface area contributed by atoms with Gasteiger partial charge in [-0.05, 0) is 31.2 Å². The van der Waals surface area contributed by atoms with Gasteiger partial charge in [-0.2, -0.15) is 0 Å². The second-order valence-electron chi connectivity index (χ2n) is 4.45. The number of aliphatic carboxylic acids is 1. The van der Waals surface area contributed by atoms with E-state index in [0.29, 0.717) is 5.69 Å². The molecule has 0 aliphatic rings. The molecule has 3 nitrogen and oxygen atoms in total. The van der Waals surface area contributed by atoms with Gasteiger partial charge in [0, 0.05) is 16.3 Å². The third kappa shape index (κ3) is 3.27. The highest BCUT2D eigenvalue weighted by molar-refractivity contribution is 6.30. The molecule has 1 atom stereocenters. The number of hydrogen-bond acceptors (Lipinski definition) is 2. The van der Waals surface area contributed by atoms with Gasteiger partial charge in [-0.3, -0.25) is 0 Å². The summed E-state index contributed by atoms with van der Waals surface area (Å²) in [6.07, 6.45) is 0. The summed E-state index contributed by atoms with van der Waals surface area (Å²) in [5.41, 5.74) is 1.71. The predicted molar refractivity (Wildman–Crippen MR) is 76.6 cm³/mol. The maximum absolute atomic E-state index is 13.8. The topological polar surface area (TPSA) is 49.3 Å². The first-order chi connectivity index (χ1) is 9.47. The molecular weight excluding hydrogens is 281 g/mol. The Morgan fingerprint density at radius 3 is 2.45 bits per heavy atom. The van der Waals surface area contributed by atoms with E-state index >= 15 is 0 Å². The van der Waals surface area contributed by atoms with Crippen molar-refractivity contribution in [2.24, 2.45) is 0 Å². The first kappa shape index (κ1) is 14.3. The molecule has 1 unspecified atom stereocenters. The molecule has 0 fully saturated rings. The molecule has 0 aliphatic carbocycles. The van der Waals surface area contributed by atoms with E-state index in [4.69, 9.17) is 11.6 Å². The number of benzene rings is 2. The molecule has 0 radical (unpaired) electrons.